The Kier molecular flexibility index (Phi) is 3.81. The van der Waals surface area contributed by atoms with Gasteiger partial charge in [0, 0.05) is 23.9 Å². The number of aromatic nitrogens is 3. The molecule has 0 saturated heterocycles. The van der Waals surface area contributed by atoms with Crippen molar-refractivity contribution in [3.05, 3.63) is 48.0 Å². The molecule has 1 fully saturated rings. The van der Waals surface area contributed by atoms with Crippen molar-refractivity contribution < 1.29 is 0 Å². The molecule has 0 amide bonds. The van der Waals surface area contributed by atoms with Gasteiger partial charge in [-0.1, -0.05) is 30.3 Å². The van der Waals surface area contributed by atoms with Gasteiger partial charge in [-0.2, -0.15) is 5.10 Å². The van der Waals surface area contributed by atoms with Gasteiger partial charge in [-0.15, -0.1) is 0 Å². The summed E-state index contributed by atoms with van der Waals surface area (Å²) in [7, 11) is 2.06. The molecule has 0 aliphatic heterocycles. The van der Waals surface area contributed by atoms with Gasteiger partial charge < -0.3 is 5.32 Å². The van der Waals surface area contributed by atoms with Crippen LogP contribution in [0, 0.1) is 0 Å². The second-order valence-corrected chi connectivity index (χ2v) is 6.28. The summed E-state index contributed by atoms with van der Waals surface area (Å²) in [5.74, 6) is 1.08. The molecule has 112 valence electrons. The van der Waals surface area contributed by atoms with Crippen molar-refractivity contribution >= 4 is 0 Å². The van der Waals surface area contributed by atoms with E-state index in [4.69, 9.17) is 0 Å². The van der Waals surface area contributed by atoms with Crippen molar-refractivity contribution in [2.75, 3.05) is 7.05 Å². The van der Waals surface area contributed by atoms with Gasteiger partial charge in [-0.25, -0.2) is 9.67 Å². The molecule has 1 heterocycles. The molecule has 0 radical (unpaired) electrons. The Morgan fingerprint density at radius 3 is 2.52 bits per heavy atom. The fraction of sp³-hybridized carbons (Fsp3) is 0.529. The smallest absolute Gasteiger partial charge is 0.138 e. The van der Waals surface area contributed by atoms with Gasteiger partial charge in [0.05, 0.1) is 0 Å². The number of rotatable bonds is 6. The maximum atomic E-state index is 4.47. The zero-order chi connectivity index (χ0) is 14.9. The molecular formula is C17H24N4. The van der Waals surface area contributed by atoms with E-state index >= 15 is 0 Å². The lowest BCUT2D eigenvalue weighted by Crippen LogP contribution is -2.40. The molecule has 1 aliphatic rings. The third-order valence-electron chi connectivity index (χ3n) is 4.68. The van der Waals surface area contributed by atoms with Crippen molar-refractivity contribution in [3.8, 4) is 0 Å². The van der Waals surface area contributed by atoms with Crippen molar-refractivity contribution in [1.82, 2.24) is 20.1 Å². The average Bonchev–Trinajstić information content (AvgIpc) is 3.17. The molecule has 2 aromatic rings. The van der Waals surface area contributed by atoms with E-state index in [-0.39, 0.29) is 5.41 Å². The van der Waals surface area contributed by atoms with Gasteiger partial charge in [-0.05, 0) is 39.3 Å². The molecule has 1 aromatic heterocycles. The van der Waals surface area contributed by atoms with Crippen LogP contribution in [0.25, 0.3) is 0 Å². The quantitative estimate of drug-likeness (QED) is 0.887. The van der Waals surface area contributed by atoms with Crippen LogP contribution < -0.4 is 5.32 Å². The third kappa shape index (κ3) is 2.60. The minimum Gasteiger partial charge on any atom is -0.316 e. The van der Waals surface area contributed by atoms with Crippen molar-refractivity contribution in [2.24, 2.45) is 0 Å². The van der Waals surface area contributed by atoms with E-state index < -0.39 is 0 Å². The first-order valence-electron chi connectivity index (χ1n) is 7.78. The maximum Gasteiger partial charge on any atom is 0.138 e. The van der Waals surface area contributed by atoms with Crippen LogP contribution in [0.1, 0.15) is 44.1 Å². The Bertz CT molecular complexity index is 584. The second kappa shape index (κ2) is 5.60. The van der Waals surface area contributed by atoms with Crippen LogP contribution in [0.5, 0.6) is 0 Å². The molecule has 0 spiro atoms. The van der Waals surface area contributed by atoms with Crippen LogP contribution in [-0.2, 0) is 11.8 Å². The van der Waals surface area contributed by atoms with E-state index in [1.807, 2.05) is 4.68 Å². The lowest BCUT2D eigenvalue weighted by atomic mass is 9.86. The number of nitrogens with one attached hydrogen (secondary N) is 1. The maximum absolute atomic E-state index is 4.47. The molecule has 1 atom stereocenters. The first kappa shape index (κ1) is 14.3. The first-order chi connectivity index (χ1) is 10.2. The van der Waals surface area contributed by atoms with E-state index in [2.05, 4.69) is 66.6 Å². The highest BCUT2D eigenvalue weighted by Crippen LogP contribution is 2.51. The third-order valence-corrected chi connectivity index (χ3v) is 4.68. The van der Waals surface area contributed by atoms with E-state index in [0.717, 1.165) is 12.2 Å². The van der Waals surface area contributed by atoms with E-state index in [9.17, 15) is 0 Å². The van der Waals surface area contributed by atoms with Gasteiger partial charge in [-0.3, -0.25) is 0 Å². The fourth-order valence-corrected chi connectivity index (χ4v) is 3.35. The minimum atomic E-state index is 0.268. The highest BCUT2D eigenvalue weighted by atomic mass is 15.3. The SMILES string of the molecule is CNC(Cc1ncnn1C(C)C)C1(c2ccccc2)CC1. The standard InChI is InChI=1S/C17H24N4/c1-13(2)21-16(19-12-20-21)11-15(18-3)17(9-10-17)14-7-5-4-6-8-14/h4-8,12-13,15,18H,9-11H2,1-3H3. The van der Waals surface area contributed by atoms with E-state index in [1.54, 1.807) is 6.33 Å². The Labute approximate surface area is 126 Å². The molecule has 4 nitrogen and oxygen atoms in total. The minimum absolute atomic E-state index is 0.268. The zero-order valence-electron chi connectivity index (χ0n) is 13.1. The summed E-state index contributed by atoms with van der Waals surface area (Å²) in [4.78, 5) is 4.47. The van der Waals surface area contributed by atoms with Gasteiger partial charge in [0.15, 0.2) is 0 Å². The highest BCUT2D eigenvalue weighted by Gasteiger charge is 2.50. The van der Waals surface area contributed by atoms with Crippen LogP contribution in [-0.4, -0.2) is 27.9 Å². The van der Waals surface area contributed by atoms with Crippen LogP contribution >= 0.6 is 0 Å². The largest absolute Gasteiger partial charge is 0.316 e. The number of hydrogen-bond donors (Lipinski definition) is 1. The van der Waals surface area contributed by atoms with Crippen molar-refractivity contribution in [3.63, 3.8) is 0 Å². The lowest BCUT2D eigenvalue weighted by molar-refractivity contribution is 0.412. The molecule has 21 heavy (non-hydrogen) atoms. The van der Waals surface area contributed by atoms with Crippen LogP contribution in [0.15, 0.2) is 36.7 Å². The zero-order valence-corrected chi connectivity index (χ0v) is 13.1. The summed E-state index contributed by atoms with van der Waals surface area (Å²) in [5, 5.41) is 7.88. The number of likely N-dealkylation sites (N-methyl/N-ethyl adjacent to an activating group) is 1. The Hall–Kier alpha value is -1.68. The summed E-state index contributed by atoms with van der Waals surface area (Å²) in [6, 6.07) is 11.6. The number of nitrogens with zero attached hydrogens (tertiary/aromatic N) is 3. The van der Waals surface area contributed by atoms with E-state index in [1.165, 1.54) is 18.4 Å². The molecule has 1 N–H and O–H groups in total. The number of hydrogen-bond acceptors (Lipinski definition) is 3. The topological polar surface area (TPSA) is 42.7 Å². The monoisotopic (exact) mass is 284 g/mol. The van der Waals surface area contributed by atoms with Gasteiger partial charge in [0.2, 0.25) is 0 Å². The lowest BCUT2D eigenvalue weighted by Gasteiger charge is -2.27. The molecule has 1 aromatic carbocycles. The normalized spacial score (nSPS) is 17.9. The summed E-state index contributed by atoms with van der Waals surface area (Å²) < 4.78 is 2.03. The summed E-state index contributed by atoms with van der Waals surface area (Å²) in [6.07, 6.45) is 5.09. The molecule has 3 rings (SSSR count). The molecule has 1 saturated carbocycles. The number of benzene rings is 1. The van der Waals surface area contributed by atoms with Gasteiger partial charge >= 0.3 is 0 Å². The fourth-order valence-electron chi connectivity index (χ4n) is 3.35. The molecular weight excluding hydrogens is 260 g/mol. The average molecular weight is 284 g/mol. The first-order valence-corrected chi connectivity index (χ1v) is 7.78. The summed E-state index contributed by atoms with van der Waals surface area (Å²) >= 11 is 0. The van der Waals surface area contributed by atoms with E-state index in [0.29, 0.717) is 12.1 Å². The summed E-state index contributed by atoms with van der Waals surface area (Å²) in [5.41, 5.74) is 1.71. The molecule has 0 bridgehead atoms. The van der Waals surface area contributed by atoms with Crippen LogP contribution in [0.2, 0.25) is 0 Å². The molecule has 4 heteroatoms. The molecule has 1 aliphatic carbocycles. The molecule has 1 unspecified atom stereocenters. The van der Waals surface area contributed by atoms with Crippen LogP contribution in [0.3, 0.4) is 0 Å². The Balaban J connectivity index is 1.84. The van der Waals surface area contributed by atoms with Crippen LogP contribution in [0.4, 0.5) is 0 Å². The van der Waals surface area contributed by atoms with Gasteiger partial charge in [0.1, 0.15) is 12.2 Å². The van der Waals surface area contributed by atoms with Crippen molar-refractivity contribution in [1.29, 1.82) is 0 Å². The highest BCUT2D eigenvalue weighted by molar-refractivity contribution is 5.34. The predicted octanol–water partition coefficient (Wildman–Crippen LogP) is 2.72. The second-order valence-electron chi connectivity index (χ2n) is 6.28. The van der Waals surface area contributed by atoms with Gasteiger partial charge in [0.25, 0.3) is 0 Å². The van der Waals surface area contributed by atoms with Crippen molar-refractivity contribution in [2.45, 2.75) is 50.6 Å². The predicted molar refractivity (Wildman–Crippen MR) is 84.3 cm³/mol. The summed E-state index contributed by atoms with van der Waals surface area (Å²) in [6.45, 7) is 4.30. The Morgan fingerprint density at radius 2 is 1.95 bits per heavy atom. The Morgan fingerprint density at radius 1 is 1.24 bits per heavy atom.